The van der Waals surface area contributed by atoms with Crippen LogP contribution in [0.4, 0.5) is 4.39 Å². The van der Waals surface area contributed by atoms with E-state index in [9.17, 15) is 4.39 Å². The molecule has 3 aromatic rings. The van der Waals surface area contributed by atoms with Crippen molar-refractivity contribution in [3.05, 3.63) is 52.5 Å². The van der Waals surface area contributed by atoms with Gasteiger partial charge in [-0.1, -0.05) is 15.9 Å². The number of alkyl halides is 1. The smallest absolute Gasteiger partial charge is 0.147 e. The quantitative estimate of drug-likeness (QED) is 0.627. The summed E-state index contributed by atoms with van der Waals surface area (Å²) in [6, 6.07) is 10.2. The zero-order valence-electron chi connectivity index (χ0n) is 11.1. The molecule has 0 saturated heterocycles. The number of fused-ring (bicyclic) bond motifs is 1. The molecule has 0 atom stereocenters. The number of ether oxygens (including phenoxy) is 1. The average Bonchev–Trinajstić information content (AvgIpc) is 2.85. The first-order valence-electron chi connectivity index (χ1n) is 6.21. The number of aromatic nitrogens is 2. The van der Waals surface area contributed by atoms with Gasteiger partial charge in [-0.05, 0) is 30.3 Å². The lowest BCUT2D eigenvalue weighted by molar-refractivity contribution is 0.413. The molecule has 3 rings (SSSR count). The number of methoxy groups -OCH3 is 1. The lowest BCUT2D eigenvalue weighted by atomic mass is 10.2. The van der Waals surface area contributed by atoms with Crippen molar-refractivity contribution in [1.29, 1.82) is 0 Å². The second-order valence-corrected chi connectivity index (χ2v) is 5.63. The summed E-state index contributed by atoms with van der Waals surface area (Å²) in [5.41, 5.74) is 1.91. The molecule has 108 valence electrons. The molecule has 0 aliphatic heterocycles. The van der Waals surface area contributed by atoms with Crippen LogP contribution in [0.25, 0.3) is 16.7 Å². The number of nitrogens with zero attached hydrogens (tertiary/aromatic N) is 2. The van der Waals surface area contributed by atoms with E-state index in [1.54, 1.807) is 23.8 Å². The molecular weight excluding hydrogens is 359 g/mol. The summed E-state index contributed by atoms with van der Waals surface area (Å²) in [5, 5.41) is 0. The molecule has 0 aliphatic rings. The Morgan fingerprint density at radius 2 is 2.10 bits per heavy atom. The number of imidazole rings is 1. The topological polar surface area (TPSA) is 27.1 Å². The predicted molar refractivity (Wildman–Crippen MR) is 84.8 cm³/mol. The Balaban J connectivity index is 2.35. The summed E-state index contributed by atoms with van der Waals surface area (Å²) in [5.74, 6) is 0.977. The maximum Gasteiger partial charge on any atom is 0.147 e. The van der Waals surface area contributed by atoms with E-state index in [1.165, 1.54) is 6.07 Å². The van der Waals surface area contributed by atoms with Crippen molar-refractivity contribution in [3.63, 3.8) is 0 Å². The van der Waals surface area contributed by atoms with Crippen LogP contribution >= 0.6 is 27.5 Å². The van der Waals surface area contributed by atoms with E-state index in [0.717, 1.165) is 15.5 Å². The number of halogens is 3. The average molecular weight is 370 g/mol. The molecule has 1 heterocycles. The lowest BCUT2D eigenvalue weighted by Gasteiger charge is -2.11. The van der Waals surface area contributed by atoms with Crippen LogP contribution in [0.2, 0.25) is 0 Å². The van der Waals surface area contributed by atoms with Gasteiger partial charge in [-0.2, -0.15) is 0 Å². The van der Waals surface area contributed by atoms with Crippen molar-refractivity contribution in [2.24, 2.45) is 0 Å². The number of hydrogen-bond acceptors (Lipinski definition) is 2. The maximum absolute atomic E-state index is 14.3. The van der Waals surface area contributed by atoms with E-state index in [1.807, 2.05) is 18.2 Å². The molecule has 0 spiro atoms. The highest BCUT2D eigenvalue weighted by Gasteiger charge is 2.16. The van der Waals surface area contributed by atoms with Gasteiger partial charge in [0.2, 0.25) is 0 Å². The normalized spacial score (nSPS) is 11.0. The third-order valence-electron chi connectivity index (χ3n) is 3.20. The second kappa shape index (κ2) is 5.66. The number of benzene rings is 2. The van der Waals surface area contributed by atoms with E-state index >= 15 is 0 Å². The molecule has 0 fully saturated rings. The number of hydrogen-bond donors (Lipinski definition) is 0. The molecule has 0 radical (unpaired) electrons. The Morgan fingerprint density at radius 1 is 1.29 bits per heavy atom. The van der Waals surface area contributed by atoms with E-state index in [0.29, 0.717) is 17.3 Å². The SMILES string of the molecule is COc1ccc(F)c(-n2c(CCl)nc3ccc(Br)cc32)c1. The van der Waals surface area contributed by atoms with Crippen LogP contribution in [-0.2, 0) is 5.88 Å². The molecule has 3 nitrogen and oxygen atoms in total. The maximum atomic E-state index is 14.3. The molecule has 0 unspecified atom stereocenters. The highest BCUT2D eigenvalue weighted by Crippen LogP contribution is 2.28. The molecule has 1 aromatic heterocycles. The summed E-state index contributed by atoms with van der Waals surface area (Å²) < 4.78 is 22.0. The van der Waals surface area contributed by atoms with Gasteiger partial charge in [-0.15, -0.1) is 11.6 Å². The molecule has 0 saturated carbocycles. The summed E-state index contributed by atoms with van der Waals surface area (Å²) in [6.07, 6.45) is 0. The minimum absolute atomic E-state index is 0.183. The summed E-state index contributed by atoms with van der Waals surface area (Å²) in [4.78, 5) is 4.45. The third-order valence-corrected chi connectivity index (χ3v) is 3.93. The van der Waals surface area contributed by atoms with Gasteiger partial charge in [0.05, 0.1) is 29.7 Å². The highest BCUT2D eigenvalue weighted by molar-refractivity contribution is 9.10. The van der Waals surface area contributed by atoms with Gasteiger partial charge in [0.1, 0.15) is 17.4 Å². The third kappa shape index (κ3) is 2.51. The molecular formula is C15H11BrClFN2O. The Kier molecular flexibility index (Phi) is 3.87. The van der Waals surface area contributed by atoms with Crippen molar-refractivity contribution in [1.82, 2.24) is 9.55 Å². The summed E-state index contributed by atoms with van der Waals surface area (Å²) in [7, 11) is 1.54. The largest absolute Gasteiger partial charge is 0.497 e. The predicted octanol–water partition coefficient (Wildman–Crippen LogP) is 4.67. The first-order chi connectivity index (χ1) is 10.1. The van der Waals surface area contributed by atoms with Gasteiger partial charge in [-0.25, -0.2) is 9.37 Å². The van der Waals surface area contributed by atoms with Crippen LogP contribution < -0.4 is 4.74 Å². The Bertz CT molecular complexity index is 819. The molecule has 0 bridgehead atoms. The minimum atomic E-state index is -0.360. The molecule has 0 N–H and O–H groups in total. The first kappa shape index (κ1) is 14.4. The van der Waals surface area contributed by atoms with Crippen LogP contribution in [-0.4, -0.2) is 16.7 Å². The van der Waals surface area contributed by atoms with Crippen LogP contribution in [0.15, 0.2) is 40.9 Å². The zero-order valence-corrected chi connectivity index (χ0v) is 13.4. The minimum Gasteiger partial charge on any atom is -0.497 e. The van der Waals surface area contributed by atoms with E-state index in [2.05, 4.69) is 20.9 Å². The van der Waals surface area contributed by atoms with Gasteiger partial charge >= 0.3 is 0 Å². The second-order valence-electron chi connectivity index (χ2n) is 4.45. The van der Waals surface area contributed by atoms with Gasteiger partial charge in [0, 0.05) is 10.5 Å². The van der Waals surface area contributed by atoms with Crippen molar-refractivity contribution in [3.8, 4) is 11.4 Å². The Labute approximate surface area is 134 Å². The molecule has 21 heavy (non-hydrogen) atoms. The van der Waals surface area contributed by atoms with Gasteiger partial charge in [-0.3, -0.25) is 4.57 Å². The van der Waals surface area contributed by atoms with Crippen molar-refractivity contribution in [2.75, 3.05) is 7.11 Å². The molecule has 6 heteroatoms. The van der Waals surface area contributed by atoms with Crippen molar-refractivity contribution >= 4 is 38.6 Å². The van der Waals surface area contributed by atoms with Crippen LogP contribution in [0.1, 0.15) is 5.82 Å². The van der Waals surface area contributed by atoms with Crippen LogP contribution in [0.3, 0.4) is 0 Å². The Hall–Kier alpha value is -1.59. The first-order valence-corrected chi connectivity index (χ1v) is 7.53. The molecule has 2 aromatic carbocycles. The van der Waals surface area contributed by atoms with Crippen molar-refractivity contribution < 1.29 is 9.13 Å². The Morgan fingerprint density at radius 3 is 2.81 bits per heavy atom. The van der Waals surface area contributed by atoms with Gasteiger partial charge < -0.3 is 4.74 Å². The fraction of sp³-hybridized carbons (Fsp3) is 0.133. The van der Waals surface area contributed by atoms with E-state index in [4.69, 9.17) is 16.3 Å². The molecule has 0 aliphatic carbocycles. The standard InChI is InChI=1S/C15H11BrClFN2O/c1-21-10-3-4-11(18)13(7-10)20-14-6-9(16)2-5-12(14)19-15(20)8-17/h2-7H,8H2,1H3. The van der Waals surface area contributed by atoms with E-state index < -0.39 is 0 Å². The lowest BCUT2D eigenvalue weighted by Crippen LogP contribution is -2.02. The summed E-state index contributed by atoms with van der Waals surface area (Å²) in [6.45, 7) is 0. The molecule has 0 amide bonds. The van der Waals surface area contributed by atoms with Crippen LogP contribution in [0.5, 0.6) is 5.75 Å². The monoisotopic (exact) mass is 368 g/mol. The number of rotatable bonds is 3. The van der Waals surface area contributed by atoms with Gasteiger partial charge in [0.25, 0.3) is 0 Å². The van der Waals surface area contributed by atoms with E-state index in [-0.39, 0.29) is 11.7 Å². The zero-order chi connectivity index (χ0) is 15.0. The van der Waals surface area contributed by atoms with Crippen molar-refractivity contribution in [2.45, 2.75) is 5.88 Å². The summed E-state index contributed by atoms with van der Waals surface area (Å²) >= 11 is 9.39. The fourth-order valence-corrected chi connectivity index (χ4v) is 2.78. The van der Waals surface area contributed by atoms with Gasteiger partial charge in [0.15, 0.2) is 0 Å². The highest BCUT2D eigenvalue weighted by atomic mass is 79.9. The fourth-order valence-electron chi connectivity index (χ4n) is 2.25. The van der Waals surface area contributed by atoms with Crippen LogP contribution in [0, 0.1) is 5.82 Å².